The Morgan fingerprint density at radius 3 is 2.58 bits per heavy atom. The molecule has 0 bridgehead atoms. The maximum absolute atomic E-state index is 13.3. The average molecular weight is 436 g/mol. The lowest BCUT2D eigenvalue weighted by atomic mass is 9.82. The van der Waals surface area contributed by atoms with E-state index in [4.69, 9.17) is 21.3 Å². The number of Topliss-reactive ketones (excluding diaryl/α,β-unsaturated/α-hetero) is 1. The zero-order valence-electron chi connectivity index (χ0n) is 16.8. The number of aromatic nitrogens is 3. The van der Waals surface area contributed by atoms with Gasteiger partial charge in [-0.2, -0.15) is 5.10 Å². The van der Waals surface area contributed by atoms with Crippen molar-refractivity contribution in [1.29, 1.82) is 0 Å². The molecule has 0 fully saturated rings. The van der Waals surface area contributed by atoms with Crippen molar-refractivity contribution in [3.8, 4) is 11.1 Å². The number of hydrogen-bond acceptors (Lipinski definition) is 4. The Bertz CT molecular complexity index is 1280. The van der Waals surface area contributed by atoms with Gasteiger partial charge in [-0.05, 0) is 47.7 Å². The van der Waals surface area contributed by atoms with Crippen molar-refractivity contribution < 1.29 is 13.9 Å². The van der Waals surface area contributed by atoms with Gasteiger partial charge in [0.15, 0.2) is 11.4 Å². The summed E-state index contributed by atoms with van der Waals surface area (Å²) in [6.45, 7) is 0.318. The molecule has 1 aliphatic rings. The molecule has 0 N–H and O–H groups in total. The fourth-order valence-corrected chi connectivity index (χ4v) is 4.33. The third kappa shape index (κ3) is 3.62. The molecule has 0 aliphatic heterocycles. The Hall–Kier alpha value is -3.09. The highest BCUT2D eigenvalue weighted by atomic mass is 35.5. The number of ketones is 1. The van der Waals surface area contributed by atoms with Crippen molar-refractivity contribution >= 4 is 23.0 Å². The Kier molecular flexibility index (Phi) is 5.04. The minimum atomic E-state index is -0.288. The summed E-state index contributed by atoms with van der Waals surface area (Å²) in [7, 11) is 1.62. The number of nitrogens with zero attached hydrogens (tertiary/aromatic N) is 3. The summed E-state index contributed by atoms with van der Waals surface area (Å²) in [5.74, 6) is -0.304. The van der Waals surface area contributed by atoms with Crippen LogP contribution in [0.15, 0.2) is 54.7 Å². The molecule has 0 spiro atoms. The molecule has 0 radical (unpaired) electrons. The summed E-state index contributed by atoms with van der Waals surface area (Å²) in [4.78, 5) is 17.8. The van der Waals surface area contributed by atoms with E-state index in [9.17, 15) is 9.18 Å². The van der Waals surface area contributed by atoms with Gasteiger partial charge in [-0.1, -0.05) is 35.9 Å². The molecule has 1 aliphatic carbocycles. The van der Waals surface area contributed by atoms with Crippen LogP contribution in [-0.2, 0) is 17.8 Å². The SMILES string of the molecule is COCc1nn2cc3c(nc2c1-c1ccc(Cl)cc1)CC(c1ccc(F)cc1)CC3=O. The monoisotopic (exact) mass is 435 g/mol. The van der Waals surface area contributed by atoms with Crippen LogP contribution < -0.4 is 0 Å². The summed E-state index contributed by atoms with van der Waals surface area (Å²) in [6.07, 6.45) is 2.73. The summed E-state index contributed by atoms with van der Waals surface area (Å²) >= 11 is 6.07. The standard InChI is InChI=1S/C24H19ClFN3O2/c1-31-13-21-23(15-2-6-17(25)7-3-15)24-27-20-10-16(14-4-8-18(26)9-5-14)11-22(30)19(20)12-29(24)28-21/h2-9,12,16H,10-11,13H2,1H3. The molecule has 4 aromatic rings. The molecule has 1 atom stereocenters. The van der Waals surface area contributed by atoms with Crippen LogP contribution in [0.25, 0.3) is 16.8 Å². The van der Waals surface area contributed by atoms with Gasteiger partial charge in [0.25, 0.3) is 0 Å². The molecule has 5 nitrogen and oxygen atoms in total. The molecular formula is C24H19ClFN3O2. The molecule has 1 unspecified atom stereocenters. The van der Waals surface area contributed by atoms with Gasteiger partial charge in [-0.25, -0.2) is 13.9 Å². The minimum absolute atomic E-state index is 0.0156. The van der Waals surface area contributed by atoms with Crippen LogP contribution >= 0.6 is 11.6 Å². The van der Waals surface area contributed by atoms with E-state index in [1.807, 2.05) is 24.3 Å². The number of fused-ring (bicyclic) bond motifs is 2. The van der Waals surface area contributed by atoms with Crippen molar-refractivity contribution in [2.45, 2.75) is 25.4 Å². The van der Waals surface area contributed by atoms with Crippen LogP contribution in [0, 0.1) is 5.82 Å². The van der Waals surface area contributed by atoms with Gasteiger partial charge in [-0.3, -0.25) is 4.79 Å². The molecule has 0 saturated heterocycles. The lowest BCUT2D eigenvalue weighted by molar-refractivity contribution is 0.0962. The first-order valence-electron chi connectivity index (χ1n) is 9.98. The largest absolute Gasteiger partial charge is 0.378 e. The highest BCUT2D eigenvalue weighted by molar-refractivity contribution is 6.30. The molecule has 0 saturated carbocycles. The Morgan fingerprint density at radius 1 is 1.13 bits per heavy atom. The molecule has 0 amide bonds. The number of halogens is 2. The second-order valence-electron chi connectivity index (χ2n) is 7.71. The number of carbonyl (C=O) groups is 1. The molecule has 2 aromatic heterocycles. The van der Waals surface area contributed by atoms with E-state index in [1.54, 1.807) is 30.0 Å². The fraction of sp³-hybridized carbons (Fsp3) is 0.208. The fourth-order valence-electron chi connectivity index (χ4n) is 4.20. The average Bonchev–Trinajstić information content (AvgIpc) is 3.11. The molecule has 7 heteroatoms. The first kappa shape index (κ1) is 19.8. The number of benzene rings is 2. The van der Waals surface area contributed by atoms with Crippen LogP contribution in [0.2, 0.25) is 5.02 Å². The maximum atomic E-state index is 13.3. The summed E-state index contributed by atoms with van der Waals surface area (Å²) in [6, 6.07) is 13.8. The van der Waals surface area contributed by atoms with Crippen LogP contribution in [0.3, 0.4) is 0 Å². The summed E-state index contributed by atoms with van der Waals surface area (Å²) < 4.78 is 20.3. The number of rotatable bonds is 4. The highest BCUT2D eigenvalue weighted by Gasteiger charge is 2.29. The predicted molar refractivity (Wildman–Crippen MR) is 116 cm³/mol. The van der Waals surface area contributed by atoms with Crippen LogP contribution in [0.4, 0.5) is 4.39 Å². The first-order chi connectivity index (χ1) is 15.0. The Labute approximate surface area is 183 Å². The molecule has 31 heavy (non-hydrogen) atoms. The van der Waals surface area contributed by atoms with Gasteiger partial charge in [0.05, 0.1) is 29.1 Å². The van der Waals surface area contributed by atoms with E-state index in [2.05, 4.69) is 5.10 Å². The van der Waals surface area contributed by atoms with Gasteiger partial charge in [0.1, 0.15) is 5.82 Å². The predicted octanol–water partition coefficient (Wildman–Crippen LogP) is 5.25. The van der Waals surface area contributed by atoms with Crippen molar-refractivity contribution in [2.24, 2.45) is 0 Å². The smallest absolute Gasteiger partial charge is 0.166 e. The van der Waals surface area contributed by atoms with Gasteiger partial charge in [0, 0.05) is 24.8 Å². The third-order valence-electron chi connectivity index (χ3n) is 5.69. The normalized spacial score (nSPS) is 16.0. The molecule has 2 aromatic carbocycles. The minimum Gasteiger partial charge on any atom is -0.378 e. The van der Waals surface area contributed by atoms with Crippen molar-refractivity contribution in [2.75, 3.05) is 7.11 Å². The van der Waals surface area contributed by atoms with Crippen molar-refractivity contribution in [3.63, 3.8) is 0 Å². The van der Waals surface area contributed by atoms with E-state index >= 15 is 0 Å². The third-order valence-corrected chi connectivity index (χ3v) is 5.94. The van der Waals surface area contributed by atoms with Crippen molar-refractivity contribution in [3.05, 3.63) is 88.1 Å². The van der Waals surface area contributed by atoms with E-state index in [-0.39, 0.29) is 17.5 Å². The molecule has 2 heterocycles. The van der Waals surface area contributed by atoms with E-state index < -0.39 is 0 Å². The van der Waals surface area contributed by atoms with E-state index in [0.717, 1.165) is 28.1 Å². The van der Waals surface area contributed by atoms with Crippen LogP contribution in [-0.4, -0.2) is 27.5 Å². The number of hydrogen-bond donors (Lipinski definition) is 0. The summed E-state index contributed by atoms with van der Waals surface area (Å²) in [5, 5.41) is 5.28. The summed E-state index contributed by atoms with van der Waals surface area (Å²) in [5.41, 5.74) is 5.45. The maximum Gasteiger partial charge on any atom is 0.166 e. The molecular weight excluding hydrogens is 417 g/mol. The number of methoxy groups -OCH3 is 1. The van der Waals surface area contributed by atoms with Crippen LogP contribution in [0.5, 0.6) is 0 Å². The topological polar surface area (TPSA) is 56.5 Å². The second-order valence-corrected chi connectivity index (χ2v) is 8.15. The quantitative estimate of drug-likeness (QED) is 0.439. The van der Waals surface area contributed by atoms with Crippen molar-refractivity contribution in [1.82, 2.24) is 14.6 Å². The molecule has 5 rings (SSSR count). The first-order valence-corrected chi connectivity index (χ1v) is 10.4. The van der Waals surface area contributed by atoms with Gasteiger partial charge in [-0.15, -0.1) is 0 Å². The highest BCUT2D eigenvalue weighted by Crippen LogP contribution is 2.35. The zero-order chi connectivity index (χ0) is 21.5. The van der Waals surface area contributed by atoms with Gasteiger partial charge in [0.2, 0.25) is 0 Å². The molecule has 156 valence electrons. The number of carbonyl (C=O) groups excluding carboxylic acids is 1. The zero-order valence-corrected chi connectivity index (χ0v) is 17.6. The second kappa shape index (κ2) is 7.87. The lowest BCUT2D eigenvalue weighted by Gasteiger charge is -2.23. The van der Waals surface area contributed by atoms with E-state index in [1.165, 1.54) is 12.1 Å². The lowest BCUT2D eigenvalue weighted by Crippen LogP contribution is -2.21. The Balaban J connectivity index is 1.64. The van der Waals surface area contributed by atoms with E-state index in [0.29, 0.717) is 35.7 Å². The van der Waals surface area contributed by atoms with Gasteiger partial charge < -0.3 is 4.74 Å². The Morgan fingerprint density at radius 2 is 1.87 bits per heavy atom. The van der Waals surface area contributed by atoms with Gasteiger partial charge >= 0.3 is 0 Å². The van der Waals surface area contributed by atoms with Crippen LogP contribution in [0.1, 0.15) is 39.6 Å². The number of ether oxygens (including phenoxy) is 1.